The standard InChI is InChI=1S/C11H14N4O2/c1-7(6-16)12-11(17)8-3-4-10-9(5-8)13-14-15(10)2/h3-5,7,16H,6H2,1-2H3,(H,12,17). The highest BCUT2D eigenvalue weighted by atomic mass is 16.3. The van der Waals surface area contributed by atoms with Crippen molar-refractivity contribution in [3.05, 3.63) is 23.8 Å². The molecule has 1 heterocycles. The second kappa shape index (κ2) is 4.50. The van der Waals surface area contributed by atoms with Crippen LogP contribution in [0.4, 0.5) is 0 Å². The van der Waals surface area contributed by atoms with E-state index in [0.717, 1.165) is 5.52 Å². The Morgan fingerprint density at radius 1 is 1.59 bits per heavy atom. The minimum atomic E-state index is -0.264. The summed E-state index contributed by atoms with van der Waals surface area (Å²) in [5.41, 5.74) is 2.06. The third-order valence-corrected chi connectivity index (χ3v) is 2.52. The topological polar surface area (TPSA) is 80.0 Å². The van der Waals surface area contributed by atoms with Gasteiger partial charge in [-0.25, -0.2) is 4.68 Å². The molecule has 0 radical (unpaired) electrons. The van der Waals surface area contributed by atoms with Gasteiger partial charge >= 0.3 is 0 Å². The summed E-state index contributed by atoms with van der Waals surface area (Å²) in [7, 11) is 1.79. The summed E-state index contributed by atoms with van der Waals surface area (Å²) in [6.45, 7) is 1.65. The minimum absolute atomic E-state index is 0.0842. The fourth-order valence-corrected chi connectivity index (χ4v) is 1.53. The molecule has 0 aliphatic rings. The number of fused-ring (bicyclic) bond motifs is 1. The van der Waals surface area contributed by atoms with Gasteiger partial charge in [0.2, 0.25) is 0 Å². The van der Waals surface area contributed by atoms with Crippen LogP contribution in [0.15, 0.2) is 18.2 Å². The number of aliphatic hydroxyl groups excluding tert-OH is 1. The van der Waals surface area contributed by atoms with Crippen LogP contribution in [0, 0.1) is 0 Å². The lowest BCUT2D eigenvalue weighted by atomic mass is 10.1. The van der Waals surface area contributed by atoms with Crippen molar-refractivity contribution in [2.24, 2.45) is 7.05 Å². The molecule has 6 nitrogen and oxygen atoms in total. The van der Waals surface area contributed by atoms with E-state index in [4.69, 9.17) is 5.11 Å². The number of aliphatic hydroxyl groups is 1. The molecule has 0 bridgehead atoms. The van der Waals surface area contributed by atoms with Gasteiger partial charge in [0.25, 0.3) is 5.91 Å². The average molecular weight is 234 g/mol. The van der Waals surface area contributed by atoms with Crippen LogP contribution in [0.3, 0.4) is 0 Å². The first-order chi connectivity index (χ1) is 8.11. The van der Waals surface area contributed by atoms with Gasteiger partial charge in [-0.1, -0.05) is 5.21 Å². The number of hydrogen-bond acceptors (Lipinski definition) is 4. The van der Waals surface area contributed by atoms with Gasteiger partial charge in [0.1, 0.15) is 5.52 Å². The molecule has 1 aromatic carbocycles. The number of benzene rings is 1. The highest BCUT2D eigenvalue weighted by molar-refractivity contribution is 5.97. The van der Waals surface area contributed by atoms with Crippen LogP contribution in [0.5, 0.6) is 0 Å². The molecule has 0 saturated carbocycles. The van der Waals surface area contributed by atoms with E-state index in [9.17, 15) is 4.79 Å². The largest absolute Gasteiger partial charge is 0.394 e. The number of hydrogen-bond donors (Lipinski definition) is 2. The molecule has 2 rings (SSSR count). The normalized spacial score (nSPS) is 12.6. The fraction of sp³-hybridized carbons (Fsp3) is 0.364. The van der Waals surface area contributed by atoms with E-state index in [0.29, 0.717) is 11.1 Å². The first kappa shape index (κ1) is 11.5. The Bertz CT molecular complexity index is 549. The Labute approximate surface area is 98.2 Å². The maximum absolute atomic E-state index is 11.8. The summed E-state index contributed by atoms with van der Waals surface area (Å²) in [5.74, 6) is -0.223. The zero-order valence-electron chi connectivity index (χ0n) is 9.71. The van der Waals surface area contributed by atoms with Crippen LogP contribution in [0.25, 0.3) is 11.0 Å². The summed E-state index contributed by atoms with van der Waals surface area (Å²) in [6, 6.07) is 4.93. The van der Waals surface area contributed by atoms with Crippen molar-refractivity contribution < 1.29 is 9.90 Å². The molecule has 2 aromatic rings. The maximum atomic E-state index is 11.8. The van der Waals surface area contributed by atoms with E-state index in [1.54, 1.807) is 36.9 Å². The van der Waals surface area contributed by atoms with Crippen molar-refractivity contribution in [3.8, 4) is 0 Å². The molecule has 1 unspecified atom stereocenters. The van der Waals surface area contributed by atoms with Gasteiger partial charge in [-0.05, 0) is 25.1 Å². The van der Waals surface area contributed by atoms with Crippen molar-refractivity contribution in [3.63, 3.8) is 0 Å². The molecule has 90 valence electrons. The second-order valence-corrected chi connectivity index (χ2v) is 3.97. The van der Waals surface area contributed by atoms with Crippen LogP contribution in [0.1, 0.15) is 17.3 Å². The fourth-order valence-electron chi connectivity index (χ4n) is 1.53. The summed E-state index contributed by atoms with van der Waals surface area (Å²) >= 11 is 0. The molecular weight excluding hydrogens is 220 g/mol. The van der Waals surface area contributed by atoms with Crippen molar-refractivity contribution in [1.82, 2.24) is 20.3 Å². The monoisotopic (exact) mass is 234 g/mol. The van der Waals surface area contributed by atoms with E-state index in [1.165, 1.54) is 0 Å². The number of nitrogens with zero attached hydrogens (tertiary/aromatic N) is 3. The Morgan fingerprint density at radius 2 is 2.35 bits per heavy atom. The van der Waals surface area contributed by atoms with Crippen molar-refractivity contribution in [2.75, 3.05) is 6.61 Å². The number of rotatable bonds is 3. The summed E-state index contributed by atoms with van der Waals surface area (Å²) < 4.78 is 1.65. The molecule has 2 N–H and O–H groups in total. The second-order valence-electron chi connectivity index (χ2n) is 3.97. The Kier molecular flexibility index (Phi) is 3.06. The average Bonchev–Trinajstić information content (AvgIpc) is 2.70. The van der Waals surface area contributed by atoms with Gasteiger partial charge in [-0.2, -0.15) is 0 Å². The van der Waals surface area contributed by atoms with Gasteiger partial charge in [-0.15, -0.1) is 5.10 Å². The zero-order chi connectivity index (χ0) is 12.4. The smallest absolute Gasteiger partial charge is 0.251 e. The highest BCUT2D eigenvalue weighted by Gasteiger charge is 2.11. The van der Waals surface area contributed by atoms with Crippen molar-refractivity contribution in [1.29, 1.82) is 0 Å². The van der Waals surface area contributed by atoms with Gasteiger partial charge in [0, 0.05) is 18.7 Å². The number of carbonyl (C=O) groups is 1. The Balaban J connectivity index is 2.27. The summed E-state index contributed by atoms with van der Waals surface area (Å²) in [5, 5.41) is 19.4. The third-order valence-electron chi connectivity index (χ3n) is 2.52. The summed E-state index contributed by atoms with van der Waals surface area (Å²) in [4.78, 5) is 11.8. The van der Waals surface area contributed by atoms with Crippen molar-refractivity contribution >= 4 is 16.9 Å². The van der Waals surface area contributed by atoms with Crippen LogP contribution in [-0.2, 0) is 7.05 Å². The molecule has 17 heavy (non-hydrogen) atoms. The molecule has 1 amide bonds. The number of carbonyl (C=O) groups excluding carboxylic acids is 1. The van der Waals surface area contributed by atoms with Gasteiger partial charge in [0.05, 0.1) is 12.1 Å². The number of aryl methyl sites for hydroxylation is 1. The van der Waals surface area contributed by atoms with E-state index in [-0.39, 0.29) is 18.6 Å². The molecule has 0 fully saturated rings. The Hall–Kier alpha value is -1.95. The van der Waals surface area contributed by atoms with Gasteiger partial charge < -0.3 is 10.4 Å². The molecule has 6 heteroatoms. The van der Waals surface area contributed by atoms with E-state index < -0.39 is 0 Å². The first-order valence-electron chi connectivity index (χ1n) is 5.33. The molecular formula is C11H14N4O2. The number of aromatic nitrogens is 3. The summed E-state index contributed by atoms with van der Waals surface area (Å²) in [6.07, 6.45) is 0. The lowest BCUT2D eigenvalue weighted by Crippen LogP contribution is -2.34. The SMILES string of the molecule is CC(CO)NC(=O)c1ccc2c(c1)nnn2C. The van der Waals surface area contributed by atoms with E-state index >= 15 is 0 Å². The molecule has 1 atom stereocenters. The van der Waals surface area contributed by atoms with Crippen molar-refractivity contribution in [2.45, 2.75) is 13.0 Å². The highest BCUT2D eigenvalue weighted by Crippen LogP contribution is 2.12. The minimum Gasteiger partial charge on any atom is -0.394 e. The number of nitrogens with one attached hydrogen (secondary N) is 1. The third kappa shape index (κ3) is 2.26. The van der Waals surface area contributed by atoms with E-state index in [2.05, 4.69) is 15.6 Å². The molecule has 0 saturated heterocycles. The maximum Gasteiger partial charge on any atom is 0.251 e. The van der Waals surface area contributed by atoms with Crippen LogP contribution in [0.2, 0.25) is 0 Å². The first-order valence-corrected chi connectivity index (χ1v) is 5.33. The van der Waals surface area contributed by atoms with Crippen LogP contribution >= 0.6 is 0 Å². The lowest BCUT2D eigenvalue weighted by molar-refractivity contribution is 0.0922. The molecule has 1 aromatic heterocycles. The molecule has 0 aliphatic heterocycles. The zero-order valence-corrected chi connectivity index (χ0v) is 9.71. The van der Waals surface area contributed by atoms with Gasteiger partial charge in [-0.3, -0.25) is 4.79 Å². The van der Waals surface area contributed by atoms with E-state index in [1.807, 2.05) is 0 Å². The van der Waals surface area contributed by atoms with Crippen LogP contribution < -0.4 is 5.32 Å². The number of amides is 1. The predicted molar refractivity (Wildman–Crippen MR) is 62.5 cm³/mol. The Morgan fingerprint density at radius 3 is 3.06 bits per heavy atom. The van der Waals surface area contributed by atoms with Gasteiger partial charge in [0.15, 0.2) is 0 Å². The lowest BCUT2D eigenvalue weighted by Gasteiger charge is -2.10. The quantitative estimate of drug-likeness (QED) is 0.788. The van der Waals surface area contributed by atoms with Crippen LogP contribution in [-0.4, -0.2) is 38.7 Å². The predicted octanol–water partition coefficient (Wildman–Crippen LogP) is 0.0789. The molecule has 0 spiro atoms. The molecule has 0 aliphatic carbocycles.